The molecule has 5 heteroatoms. The normalized spacial score (nSPS) is 12.3. The Balaban J connectivity index is 2.73. The number of halogens is 2. The van der Waals surface area contributed by atoms with Gasteiger partial charge in [0.2, 0.25) is 5.91 Å². The Morgan fingerprint density at radius 1 is 1.67 bits per heavy atom. The van der Waals surface area contributed by atoms with Crippen LogP contribution in [0, 0.1) is 5.92 Å². The number of amides is 1. The van der Waals surface area contributed by atoms with Crippen LogP contribution in [-0.2, 0) is 4.79 Å². The van der Waals surface area contributed by atoms with Gasteiger partial charge in [-0.2, -0.15) is 0 Å². The quantitative estimate of drug-likeness (QED) is 0.899. The van der Waals surface area contributed by atoms with Gasteiger partial charge >= 0.3 is 0 Å². The summed E-state index contributed by atoms with van der Waals surface area (Å²) >= 11 is 9.16. The van der Waals surface area contributed by atoms with Crippen LogP contribution in [0.25, 0.3) is 0 Å². The molecule has 0 heterocycles. The monoisotopic (exact) mass is 290 g/mol. The van der Waals surface area contributed by atoms with E-state index in [9.17, 15) is 4.79 Å². The zero-order chi connectivity index (χ0) is 11.4. The first-order chi connectivity index (χ1) is 7.04. The molecule has 1 aromatic carbocycles. The summed E-state index contributed by atoms with van der Waals surface area (Å²) in [5.74, 6) is -0.302. The van der Waals surface area contributed by atoms with Gasteiger partial charge in [0.1, 0.15) is 0 Å². The fourth-order valence-corrected chi connectivity index (χ4v) is 1.37. The lowest BCUT2D eigenvalue weighted by atomic mass is 10.1. The molecule has 1 rings (SSSR count). The summed E-state index contributed by atoms with van der Waals surface area (Å²) < 4.78 is 0.800. The average molecular weight is 292 g/mol. The lowest BCUT2D eigenvalue weighted by Gasteiger charge is -2.10. The molecular formula is C10H12BrClN2O. The maximum absolute atomic E-state index is 11.5. The van der Waals surface area contributed by atoms with Crippen molar-refractivity contribution in [3.8, 4) is 0 Å². The fraction of sp³-hybridized carbons (Fsp3) is 0.300. The van der Waals surface area contributed by atoms with E-state index < -0.39 is 0 Å². The topological polar surface area (TPSA) is 55.1 Å². The van der Waals surface area contributed by atoms with Crippen molar-refractivity contribution >= 4 is 39.1 Å². The number of rotatable bonds is 3. The summed E-state index contributed by atoms with van der Waals surface area (Å²) in [6, 6.07) is 5.24. The van der Waals surface area contributed by atoms with Gasteiger partial charge < -0.3 is 11.1 Å². The summed E-state index contributed by atoms with van der Waals surface area (Å²) in [6.07, 6.45) is 0. The molecule has 82 valence electrons. The Bertz CT molecular complexity index is 370. The molecule has 0 saturated carbocycles. The molecule has 1 atom stereocenters. The summed E-state index contributed by atoms with van der Waals surface area (Å²) in [5, 5.41) is 3.30. The second-order valence-electron chi connectivity index (χ2n) is 3.25. The number of hydrogen-bond donors (Lipinski definition) is 2. The van der Waals surface area contributed by atoms with Gasteiger partial charge in [0.25, 0.3) is 0 Å². The second kappa shape index (κ2) is 5.49. The number of benzene rings is 1. The van der Waals surface area contributed by atoms with Crippen molar-refractivity contribution in [3.63, 3.8) is 0 Å². The van der Waals surface area contributed by atoms with Crippen molar-refractivity contribution in [1.29, 1.82) is 0 Å². The standard InChI is InChI=1S/C10H12BrClN2O/c1-6(5-13)10(15)14-7-2-3-8(11)9(12)4-7/h2-4,6H,5,13H2,1H3,(H,14,15). The van der Waals surface area contributed by atoms with Gasteiger partial charge in [-0.3, -0.25) is 4.79 Å². The van der Waals surface area contributed by atoms with Crippen molar-refractivity contribution in [2.75, 3.05) is 11.9 Å². The van der Waals surface area contributed by atoms with Crippen LogP contribution < -0.4 is 11.1 Å². The third-order valence-electron chi connectivity index (χ3n) is 1.99. The smallest absolute Gasteiger partial charge is 0.228 e. The largest absolute Gasteiger partial charge is 0.330 e. The highest BCUT2D eigenvalue weighted by atomic mass is 79.9. The Labute approximate surface area is 102 Å². The van der Waals surface area contributed by atoms with E-state index in [0.29, 0.717) is 17.3 Å². The van der Waals surface area contributed by atoms with Crippen LogP contribution in [0.3, 0.4) is 0 Å². The highest BCUT2D eigenvalue weighted by molar-refractivity contribution is 9.10. The zero-order valence-corrected chi connectivity index (χ0v) is 10.6. The van der Waals surface area contributed by atoms with E-state index in [4.69, 9.17) is 17.3 Å². The molecule has 0 aliphatic carbocycles. The number of carbonyl (C=O) groups is 1. The summed E-state index contributed by atoms with van der Waals surface area (Å²) in [5.41, 5.74) is 6.06. The third kappa shape index (κ3) is 3.48. The number of carbonyl (C=O) groups excluding carboxylic acids is 1. The lowest BCUT2D eigenvalue weighted by Crippen LogP contribution is -2.26. The molecule has 1 amide bonds. The van der Waals surface area contributed by atoms with Crippen LogP contribution in [0.1, 0.15) is 6.92 Å². The van der Waals surface area contributed by atoms with E-state index in [1.165, 1.54) is 0 Å². The van der Waals surface area contributed by atoms with E-state index in [1.807, 2.05) is 0 Å². The van der Waals surface area contributed by atoms with E-state index in [-0.39, 0.29) is 11.8 Å². The predicted octanol–water partition coefficient (Wildman–Crippen LogP) is 2.64. The molecule has 0 fully saturated rings. The minimum atomic E-state index is -0.201. The fourth-order valence-electron chi connectivity index (χ4n) is 0.946. The van der Waals surface area contributed by atoms with Crippen molar-refractivity contribution in [2.24, 2.45) is 11.7 Å². The van der Waals surface area contributed by atoms with Gasteiger partial charge in [-0.05, 0) is 34.1 Å². The van der Waals surface area contributed by atoms with Gasteiger partial charge in [0.05, 0.1) is 5.02 Å². The van der Waals surface area contributed by atoms with Crippen molar-refractivity contribution < 1.29 is 4.79 Å². The van der Waals surface area contributed by atoms with Crippen molar-refractivity contribution in [3.05, 3.63) is 27.7 Å². The van der Waals surface area contributed by atoms with Crippen LogP contribution in [0.2, 0.25) is 5.02 Å². The Hall–Kier alpha value is -0.580. The average Bonchev–Trinajstić information content (AvgIpc) is 2.22. The Kier molecular flexibility index (Phi) is 4.57. The van der Waals surface area contributed by atoms with Gasteiger partial charge in [0, 0.05) is 22.6 Å². The number of nitrogens with two attached hydrogens (primary N) is 1. The molecule has 0 aliphatic heterocycles. The molecule has 3 N–H and O–H groups in total. The molecule has 0 aromatic heterocycles. The van der Waals surface area contributed by atoms with E-state index in [0.717, 1.165) is 4.47 Å². The predicted molar refractivity (Wildman–Crippen MR) is 66.0 cm³/mol. The molecule has 15 heavy (non-hydrogen) atoms. The van der Waals surface area contributed by atoms with Crippen LogP contribution >= 0.6 is 27.5 Å². The first kappa shape index (κ1) is 12.5. The van der Waals surface area contributed by atoms with Gasteiger partial charge in [0.15, 0.2) is 0 Å². The molecule has 0 saturated heterocycles. The van der Waals surface area contributed by atoms with E-state index in [1.54, 1.807) is 25.1 Å². The summed E-state index contributed by atoms with van der Waals surface area (Å²) in [7, 11) is 0. The highest BCUT2D eigenvalue weighted by Gasteiger charge is 2.11. The lowest BCUT2D eigenvalue weighted by molar-refractivity contribution is -0.119. The van der Waals surface area contributed by atoms with Crippen molar-refractivity contribution in [1.82, 2.24) is 0 Å². The summed E-state index contributed by atoms with van der Waals surface area (Å²) in [4.78, 5) is 11.5. The first-order valence-corrected chi connectivity index (χ1v) is 5.67. The molecular weight excluding hydrogens is 279 g/mol. The van der Waals surface area contributed by atoms with Crippen molar-refractivity contribution in [2.45, 2.75) is 6.92 Å². The minimum absolute atomic E-state index is 0.101. The van der Waals surface area contributed by atoms with Crippen LogP contribution in [0.4, 0.5) is 5.69 Å². The molecule has 0 aliphatic rings. The highest BCUT2D eigenvalue weighted by Crippen LogP contribution is 2.25. The SMILES string of the molecule is CC(CN)C(=O)Nc1ccc(Br)c(Cl)c1. The molecule has 0 bridgehead atoms. The minimum Gasteiger partial charge on any atom is -0.330 e. The first-order valence-electron chi connectivity index (χ1n) is 4.50. The van der Waals surface area contributed by atoms with Gasteiger partial charge in [-0.1, -0.05) is 18.5 Å². The maximum Gasteiger partial charge on any atom is 0.228 e. The molecule has 0 radical (unpaired) electrons. The van der Waals surface area contributed by atoms with Crippen LogP contribution in [0.5, 0.6) is 0 Å². The molecule has 0 spiro atoms. The maximum atomic E-state index is 11.5. The zero-order valence-electron chi connectivity index (χ0n) is 8.26. The number of nitrogens with one attached hydrogen (secondary N) is 1. The molecule has 1 unspecified atom stereocenters. The molecule has 3 nitrogen and oxygen atoms in total. The van der Waals surface area contributed by atoms with Crippen LogP contribution in [0.15, 0.2) is 22.7 Å². The Morgan fingerprint density at radius 3 is 2.87 bits per heavy atom. The third-order valence-corrected chi connectivity index (χ3v) is 3.22. The van der Waals surface area contributed by atoms with E-state index in [2.05, 4.69) is 21.2 Å². The summed E-state index contributed by atoms with van der Waals surface area (Å²) in [6.45, 7) is 2.10. The number of hydrogen-bond acceptors (Lipinski definition) is 2. The van der Waals surface area contributed by atoms with Gasteiger partial charge in [-0.15, -0.1) is 0 Å². The number of anilines is 1. The molecule has 1 aromatic rings. The van der Waals surface area contributed by atoms with E-state index >= 15 is 0 Å². The van der Waals surface area contributed by atoms with Crippen LogP contribution in [-0.4, -0.2) is 12.5 Å². The van der Waals surface area contributed by atoms with Gasteiger partial charge in [-0.25, -0.2) is 0 Å². The second-order valence-corrected chi connectivity index (χ2v) is 4.52. The Morgan fingerprint density at radius 2 is 2.33 bits per heavy atom.